The van der Waals surface area contributed by atoms with Crippen LogP contribution in [0.2, 0.25) is 0 Å². The summed E-state index contributed by atoms with van der Waals surface area (Å²) < 4.78 is 56.6. The van der Waals surface area contributed by atoms with Gasteiger partial charge < -0.3 is 16.4 Å². The maximum absolute atomic E-state index is 15.1. The highest BCUT2D eigenvalue weighted by molar-refractivity contribution is 7.80. The van der Waals surface area contributed by atoms with Gasteiger partial charge in [-0.25, -0.2) is 4.39 Å². The molecule has 45 heavy (non-hydrogen) atoms. The Kier molecular flexibility index (Phi) is 13.3. The average molecular weight is 642 g/mol. The molecule has 4 rings (SSSR count). The van der Waals surface area contributed by atoms with E-state index in [1.807, 2.05) is 50.2 Å². The highest BCUT2D eigenvalue weighted by atomic mass is 32.1. The first-order valence-corrected chi connectivity index (χ1v) is 16.0. The summed E-state index contributed by atoms with van der Waals surface area (Å²) in [5, 5.41) is 5.33. The van der Waals surface area contributed by atoms with E-state index in [1.165, 1.54) is 12.1 Å². The molecule has 4 N–H and O–H groups in total. The molecule has 0 bridgehead atoms. The summed E-state index contributed by atoms with van der Waals surface area (Å²) in [7, 11) is 0. The number of alkyl halides is 3. The van der Waals surface area contributed by atoms with Crippen molar-refractivity contribution >= 4 is 29.9 Å². The number of hydrogen-bond acceptors (Lipinski definition) is 4. The number of hydrogen-bond donors (Lipinski definition) is 4. The third-order valence-corrected chi connectivity index (χ3v) is 7.57. The topological polar surface area (TPSA) is 67.2 Å². The van der Waals surface area contributed by atoms with Gasteiger partial charge in [0.05, 0.1) is 16.8 Å². The summed E-state index contributed by atoms with van der Waals surface area (Å²) >= 11 is 3.79. The molecule has 0 heterocycles. The van der Waals surface area contributed by atoms with Crippen molar-refractivity contribution in [3.05, 3.63) is 119 Å². The Hall–Kier alpha value is -3.56. The Labute approximate surface area is 269 Å². The van der Waals surface area contributed by atoms with E-state index in [1.54, 1.807) is 31.2 Å². The third kappa shape index (κ3) is 10.5. The molecule has 1 aliphatic rings. The lowest BCUT2D eigenvalue weighted by Gasteiger charge is -2.31. The van der Waals surface area contributed by atoms with Crippen LogP contribution in [0.1, 0.15) is 69.6 Å². The zero-order valence-electron chi connectivity index (χ0n) is 26.1. The highest BCUT2D eigenvalue weighted by Gasteiger charge is 2.34. The first-order chi connectivity index (χ1) is 21.4. The van der Waals surface area contributed by atoms with E-state index in [0.29, 0.717) is 30.0 Å². The first-order valence-electron chi connectivity index (χ1n) is 15.4. The van der Waals surface area contributed by atoms with Crippen LogP contribution < -0.4 is 16.4 Å². The molecular weight excluding hydrogens is 598 g/mol. The lowest BCUT2D eigenvalue weighted by molar-refractivity contribution is -0.112. The smallest absolute Gasteiger partial charge is 0.351 e. The lowest BCUT2D eigenvalue weighted by Crippen LogP contribution is -2.38. The Morgan fingerprint density at radius 2 is 1.64 bits per heavy atom. The fourth-order valence-corrected chi connectivity index (χ4v) is 4.93. The maximum Gasteiger partial charge on any atom is 0.416 e. The van der Waals surface area contributed by atoms with E-state index in [4.69, 9.17) is 5.73 Å². The van der Waals surface area contributed by atoms with Crippen LogP contribution in [0.25, 0.3) is 0 Å². The van der Waals surface area contributed by atoms with Crippen molar-refractivity contribution in [1.82, 2.24) is 0 Å². The summed E-state index contributed by atoms with van der Waals surface area (Å²) in [4.78, 5) is 13.5. The number of allylic oxidation sites excluding steroid dienone is 3. The lowest BCUT2D eigenvalue weighted by atomic mass is 9.79. The number of rotatable bonds is 12. The second-order valence-corrected chi connectivity index (χ2v) is 11.7. The molecular formula is C36H43F4N3OS. The van der Waals surface area contributed by atoms with Crippen LogP contribution in [-0.4, -0.2) is 17.8 Å². The van der Waals surface area contributed by atoms with Gasteiger partial charge in [-0.3, -0.25) is 4.79 Å². The van der Waals surface area contributed by atoms with Crippen LogP contribution in [-0.2, 0) is 16.8 Å². The molecule has 242 valence electrons. The molecule has 1 atom stereocenters. The quantitative estimate of drug-likeness (QED) is 0.0689. The standard InChI is InChI=1S/C34H37F4N3O.C2H6S/c1-3-9-27(34(36,37)38)22-31(40-28-13-8-10-23(4-2)20-28)32(42)41-30-21-26(16-17-29(30)35)33(39,19-18-24-14-15-24)25-11-6-5-7-12-25;1-2-3/h5-13,16-17,20-22,24,40H,3-4,14-15,18-19,39H2,1-2H3,(H,41,42);3H,2H2,1H3/b27-9-,31-22-;. The average Bonchev–Trinajstić information content (AvgIpc) is 3.85. The van der Waals surface area contributed by atoms with Gasteiger partial charge in [-0.2, -0.15) is 25.8 Å². The summed E-state index contributed by atoms with van der Waals surface area (Å²) in [5.41, 5.74) is 7.37. The minimum atomic E-state index is -4.68. The number of carbonyl (C=O) groups is 1. The zero-order chi connectivity index (χ0) is 33.0. The number of amides is 1. The Morgan fingerprint density at radius 1 is 0.956 bits per heavy atom. The number of nitrogens with one attached hydrogen (secondary N) is 2. The summed E-state index contributed by atoms with van der Waals surface area (Å²) in [6.45, 7) is 5.51. The zero-order valence-corrected chi connectivity index (χ0v) is 26.9. The minimum Gasteiger partial charge on any atom is -0.351 e. The van der Waals surface area contributed by atoms with Crippen molar-refractivity contribution in [3.63, 3.8) is 0 Å². The molecule has 9 heteroatoms. The molecule has 0 spiro atoms. The van der Waals surface area contributed by atoms with Gasteiger partial charge in [0, 0.05) is 5.69 Å². The van der Waals surface area contributed by atoms with E-state index in [0.717, 1.165) is 48.3 Å². The van der Waals surface area contributed by atoms with Crippen LogP contribution in [0.4, 0.5) is 28.9 Å². The van der Waals surface area contributed by atoms with Gasteiger partial charge >= 0.3 is 6.18 Å². The van der Waals surface area contributed by atoms with Crippen molar-refractivity contribution in [3.8, 4) is 0 Å². The summed E-state index contributed by atoms with van der Waals surface area (Å²) in [6, 6.07) is 20.8. The van der Waals surface area contributed by atoms with Crippen LogP contribution in [0.3, 0.4) is 0 Å². The second kappa shape index (κ2) is 16.7. The fraction of sp³-hybridized carbons (Fsp3) is 0.361. The molecule has 1 saturated carbocycles. The van der Waals surface area contributed by atoms with Crippen molar-refractivity contribution in [2.75, 3.05) is 16.4 Å². The van der Waals surface area contributed by atoms with Crippen molar-refractivity contribution in [1.29, 1.82) is 0 Å². The van der Waals surface area contributed by atoms with E-state index in [-0.39, 0.29) is 17.8 Å². The van der Waals surface area contributed by atoms with Crippen LogP contribution >= 0.6 is 12.6 Å². The fourth-order valence-electron chi connectivity index (χ4n) is 4.93. The van der Waals surface area contributed by atoms with Gasteiger partial charge in [0.15, 0.2) is 0 Å². The molecule has 0 aromatic heterocycles. The number of halogens is 4. The predicted molar refractivity (Wildman–Crippen MR) is 180 cm³/mol. The highest BCUT2D eigenvalue weighted by Crippen LogP contribution is 2.40. The van der Waals surface area contributed by atoms with E-state index >= 15 is 4.39 Å². The molecule has 1 unspecified atom stereocenters. The van der Waals surface area contributed by atoms with Crippen LogP contribution in [0.5, 0.6) is 0 Å². The number of nitrogens with two attached hydrogens (primary N) is 1. The maximum atomic E-state index is 15.1. The van der Waals surface area contributed by atoms with Gasteiger partial charge in [-0.15, -0.1) is 0 Å². The largest absolute Gasteiger partial charge is 0.416 e. The normalized spacial score (nSPS) is 15.0. The Morgan fingerprint density at radius 3 is 2.24 bits per heavy atom. The third-order valence-electron chi connectivity index (χ3n) is 7.57. The van der Waals surface area contributed by atoms with E-state index in [9.17, 15) is 18.0 Å². The molecule has 0 saturated heterocycles. The Bertz CT molecular complexity index is 1470. The van der Waals surface area contributed by atoms with Gasteiger partial charge in [-0.1, -0.05) is 88.2 Å². The predicted octanol–water partition coefficient (Wildman–Crippen LogP) is 9.55. The number of carbonyl (C=O) groups excluding carboxylic acids is 1. The molecule has 1 fully saturated rings. The van der Waals surface area contributed by atoms with Crippen LogP contribution in [0.15, 0.2) is 96.2 Å². The SMILES string of the molecule is CC/C=C(/C=C(\Nc1cccc(CC)c1)C(=O)Nc1cc(C(N)(CCC2CC2)c2ccccc2)ccc1F)C(F)(F)F.CCS. The van der Waals surface area contributed by atoms with Gasteiger partial charge in [0.1, 0.15) is 11.5 Å². The second-order valence-electron chi connectivity index (χ2n) is 11.1. The van der Waals surface area contributed by atoms with Crippen molar-refractivity contribution < 1.29 is 22.4 Å². The molecule has 4 nitrogen and oxygen atoms in total. The molecule has 3 aromatic rings. The van der Waals surface area contributed by atoms with Crippen LogP contribution in [0, 0.1) is 11.7 Å². The van der Waals surface area contributed by atoms with Gasteiger partial charge in [0.2, 0.25) is 0 Å². The minimum absolute atomic E-state index is 0.112. The van der Waals surface area contributed by atoms with E-state index in [2.05, 4.69) is 23.3 Å². The first kappa shape index (κ1) is 35.9. The molecule has 3 aromatic carbocycles. The van der Waals surface area contributed by atoms with Crippen molar-refractivity contribution in [2.45, 2.75) is 71.0 Å². The van der Waals surface area contributed by atoms with Gasteiger partial charge in [-0.05, 0) is 84.4 Å². The molecule has 0 aliphatic heterocycles. The number of aryl methyl sites for hydroxylation is 1. The monoisotopic (exact) mass is 641 g/mol. The Balaban J connectivity index is 0.00000177. The van der Waals surface area contributed by atoms with Gasteiger partial charge in [0.25, 0.3) is 5.91 Å². The molecule has 0 radical (unpaired) electrons. The molecule has 1 aliphatic carbocycles. The van der Waals surface area contributed by atoms with E-state index < -0.39 is 29.0 Å². The molecule has 1 amide bonds. The number of benzene rings is 3. The number of anilines is 2. The number of thiol groups is 1. The van der Waals surface area contributed by atoms with Crippen molar-refractivity contribution in [2.24, 2.45) is 11.7 Å². The summed E-state index contributed by atoms with van der Waals surface area (Å²) in [6.07, 6.45) is 1.73. The summed E-state index contributed by atoms with van der Waals surface area (Å²) in [5.74, 6) is -0.0862.